The van der Waals surface area contributed by atoms with Crippen LogP contribution in [0.4, 0.5) is 0 Å². The van der Waals surface area contributed by atoms with Crippen molar-refractivity contribution in [1.82, 2.24) is 15.4 Å². The van der Waals surface area contributed by atoms with Gasteiger partial charge in [0.2, 0.25) is 0 Å². The maximum absolute atomic E-state index is 4.22. The minimum atomic E-state index is 0.982. The number of nitrogens with one attached hydrogen (secondary N) is 1. The number of fused-ring (bicyclic) bond motifs is 1. The zero-order valence-electron chi connectivity index (χ0n) is 11.3. The summed E-state index contributed by atoms with van der Waals surface area (Å²) in [6.45, 7) is 2.26. The van der Waals surface area contributed by atoms with Crippen molar-refractivity contribution in [3.8, 4) is 0 Å². The van der Waals surface area contributed by atoms with Gasteiger partial charge in [-0.25, -0.2) is 0 Å². The molecule has 1 N–H and O–H groups in total. The molecule has 3 nitrogen and oxygen atoms in total. The number of H-pyrrole nitrogens is 1. The summed E-state index contributed by atoms with van der Waals surface area (Å²) in [7, 11) is 0. The highest BCUT2D eigenvalue weighted by Crippen LogP contribution is 2.17. The highest BCUT2D eigenvalue weighted by molar-refractivity contribution is 5.77. The molecular formula is C15H23N3. The maximum atomic E-state index is 4.22. The number of hydrogen-bond donors (Lipinski definition) is 1. The Balaban J connectivity index is 1.72. The zero-order chi connectivity index (χ0) is 12.6. The summed E-state index contributed by atoms with van der Waals surface area (Å²) in [6.07, 6.45) is 10.6. The number of aryl methyl sites for hydroxylation is 1. The van der Waals surface area contributed by atoms with Crippen molar-refractivity contribution < 1.29 is 0 Å². The Labute approximate surface area is 109 Å². The molecule has 0 aliphatic heterocycles. The van der Waals surface area contributed by atoms with Gasteiger partial charge < -0.3 is 0 Å². The quantitative estimate of drug-likeness (QED) is 0.706. The Kier molecular flexibility index (Phi) is 5.18. The van der Waals surface area contributed by atoms with Crippen molar-refractivity contribution in [3.05, 3.63) is 23.8 Å². The van der Waals surface area contributed by atoms with E-state index in [1.165, 1.54) is 50.5 Å². The predicted molar refractivity (Wildman–Crippen MR) is 75.6 cm³/mol. The van der Waals surface area contributed by atoms with Gasteiger partial charge in [0.15, 0.2) is 0 Å². The van der Waals surface area contributed by atoms with Crippen molar-refractivity contribution in [2.75, 3.05) is 0 Å². The molecule has 3 heteroatoms. The van der Waals surface area contributed by atoms with E-state index in [1.807, 2.05) is 6.07 Å². The molecule has 0 bridgehead atoms. The van der Waals surface area contributed by atoms with Crippen molar-refractivity contribution in [2.24, 2.45) is 0 Å². The number of unbranched alkanes of at least 4 members (excludes halogenated alkanes) is 6. The Bertz CT molecular complexity index is 461. The van der Waals surface area contributed by atoms with E-state index in [4.69, 9.17) is 0 Å². The molecule has 18 heavy (non-hydrogen) atoms. The Morgan fingerprint density at radius 2 is 1.72 bits per heavy atom. The first kappa shape index (κ1) is 13.1. The van der Waals surface area contributed by atoms with Crippen molar-refractivity contribution in [1.29, 1.82) is 0 Å². The molecule has 0 saturated heterocycles. The molecule has 2 aromatic rings. The van der Waals surface area contributed by atoms with Gasteiger partial charge in [0.1, 0.15) is 11.0 Å². The van der Waals surface area contributed by atoms with Gasteiger partial charge in [0.05, 0.1) is 0 Å². The van der Waals surface area contributed by atoms with Crippen LogP contribution in [0.2, 0.25) is 0 Å². The summed E-state index contributed by atoms with van der Waals surface area (Å²) in [4.78, 5) is 0. The van der Waals surface area contributed by atoms with Gasteiger partial charge in [0, 0.05) is 0 Å². The first-order chi connectivity index (χ1) is 8.92. The summed E-state index contributed by atoms with van der Waals surface area (Å²) < 4.78 is 0. The number of nitrogens with zero attached hydrogens (tertiary/aromatic N) is 2. The molecule has 2 rings (SSSR count). The van der Waals surface area contributed by atoms with Gasteiger partial charge in [-0.1, -0.05) is 57.6 Å². The largest absolute Gasteiger partial charge is 0.197 e. The van der Waals surface area contributed by atoms with Crippen LogP contribution in [0.5, 0.6) is 0 Å². The molecule has 0 aliphatic rings. The van der Waals surface area contributed by atoms with Crippen LogP contribution in [0.3, 0.4) is 0 Å². The normalized spacial score (nSPS) is 11.2. The van der Waals surface area contributed by atoms with Gasteiger partial charge in [-0.15, -0.1) is 0 Å². The van der Waals surface area contributed by atoms with E-state index in [-0.39, 0.29) is 0 Å². The molecule has 0 amide bonds. The zero-order valence-corrected chi connectivity index (χ0v) is 11.3. The van der Waals surface area contributed by atoms with Crippen LogP contribution in [-0.4, -0.2) is 15.4 Å². The van der Waals surface area contributed by atoms with Crippen LogP contribution in [0.15, 0.2) is 18.2 Å². The molecule has 0 radical (unpaired) electrons. The Morgan fingerprint density at radius 3 is 2.56 bits per heavy atom. The van der Waals surface area contributed by atoms with Crippen LogP contribution < -0.4 is 0 Å². The third kappa shape index (κ3) is 3.56. The summed E-state index contributed by atoms with van der Waals surface area (Å²) in [5, 5.41) is 11.0. The smallest absolute Gasteiger partial charge is 0.116 e. The fraction of sp³-hybridized carbons (Fsp3) is 0.600. The lowest BCUT2D eigenvalue weighted by Crippen LogP contribution is -1.88. The summed E-state index contributed by atoms with van der Waals surface area (Å²) in [5.74, 6) is 0. The van der Waals surface area contributed by atoms with E-state index in [2.05, 4.69) is 34.5 Å². The summed E-state index contributed by atoms with van der Waals surface area (Å²) in [5.41, 5.74) is 3.36. The minimum absolute atomic E-state index is 0.982. The molecule has 0 atom stereocenters. The standard InChI is InChI=1S/C15H23N3/c1-2-3-4-5-6-7-8-10-13-11-9-12-14-15(13)17-18-16-14/h9,11-12H,2-8,10H2,1H3,(H,16,17,18). The van der Waals surface area contributed by atoms with E-state index in [0.717, 1.165) is 17.5 Å². The topological polar surface area (TPSA) is 41.6 Å². The molecule has 98 valence electrons. The number of rotatable bonds is 8. The number of hydrogen-bond acceptors (Lipinski definition) is 2. The monoisotopic (exact) mass is 245 g/mol. The first-order valence-electron chi connectivity index (χ1n) is 7.20. The molecule has 0 fully saturated rings. The molecule has 1 heterocycles. The lowest BCUT2D eigenvalue weighted by molar-refractivity contribution is 0.589. The molecular weight excluding hydrogens is 222 g/mol. The molecule has 0 unspecified atom stereocenters. The average Bonchev–Trinajstić information content (AvgIpc) is 2.86. The lowest BCUT2D eigenvalue weighted by atomic mass is 10.0. The molecule has 0 spiro atoms. The van der Waals surface area contributed by atoms with Gasteiger partial charge in [-0.3, -0.25) is 0 Å². The fourth-order valence-corrected chi connectivity index (χ4v) is 2.40. The van der Waals surface area contributed by atoms with E-state index in [1.54, 1.807) is 0 Å². The number of benzene rings is 1. The highest BCUT2D eigenvalue weighted by atomic mass is 15.3. The van der Waals surface area contributed by atoms with Crippen LogP contribution in [0, 0.1) is 0 Å². The second kappa shape index (κ2) is 7.14. The number of aromatic amines is 1. The maximum Gasteiger partial charge on any atom is 0.116 e. The van der Waals surface area contributed by atoms with Gasteiger partial charge >= 0.3 is 0 Å². The molecule has 0 aliphatic carbocycles. The van der Waals surface area contributed by atoms with Crippen LogP contribution in [0.25, 0.3) is 11.0 Å². The van der Waals surface area contributed by atoms with E-state index >= 15 is 0 Å². The highest BCUT2D eigenvalue weighted by Gasteiger charge is 2.03. The summed E-state index contributed by atoms with van der Waals surface area (Å²) >= 11 is 0. The number of aromatic nitrogens is 3. The second-order valence-corrected chi connectivity index (χ2v) is 4.98. The van der Waals surface area contributed by atoms with E-state index < -0.39 is 0 Å². The predicted octanol–water partition coefficient (Wildman–Crippen LogP) is 4.25. The Hall–Kier alpha value is -1.38. The third-order valence-electron chi connectivity index (χ3n) is 3.48. The van der Waals surface area contributed by atoms with Crippen molar-refractivity contribution in [3.63, 3.8) is 0 Å². The van der Waals surface area contributed by atoms with Crippen LogP contribution >= 0.6 is 0 Å². The van der Waals surface area contributed by atoms with Gasteiger partial charge in [-0.05, 0) is 24.5 Å². The van der Waals surface area contributed by atoms with Gasteiger partial charge in [-0.2, -0.15) is 15.4 Å². The number of para-hydroxylation sites is 1. The summed E-state index contributed by atoms with van der Waals surface area (Å²) in [6, 6.07) is 6.25. The average molecular weight is 245 g/mol. The minimum Gasteiger partial charge on any atom is -0.197 e. The molecule has 0 saturated carbocycles. The second-order valence-electron chi connectivity index (χ2n) is 4.98. The van der Waals surface area contributed by atoms with E-state index in [0.29, 0.717) is 0 Å². The Morgan fingerprint density at radius 1 is 0.944 bits per heavy atom. The SMILES string of the molecule is CCCCCCCCCc1cccc2n[nH]nc12. The van der Waals surface area contributed by atoms with Crippen LogP contribution in [0.1, 0.15) is 57.4 Å². The fourth-order valence-electron chi connectivity index (χ4n) is 2.40. The first-order valence-corrected chi connectivity index (χ1v) is 7.20. The molecule has 1 aromatic heterocycles. The van der Waals surface area contributed by atoms with E-state index in [9.17, 15) is 0 Å². The lowest BCUT2D eigenvalue weighted by Gasteiger charge is -2.02. The van der Waals surface area contributed by atoms with Crippen LogP contribution in [-0.2, 0) is 6.42 Å². The molecule has 1 aromatic carbocycles. The van der Waals surface area contributed by atoms with Gasteiger partial charge in [0.25, 0.3) is 0 Å². The van der Waals surface area contributed by atoms with Crippen molar-refractivity contribution in [2.45, 2.75) is 58.3 Å². The van der Waals surface area contributed by atoms with Crippen molar-refractivity contribution >= 4 is 11.0 Å². The third-order valence-corrected chi connectivity index (χ3v) is 3.48.